The number of aromatic nitrogens is 1. The van der Waals surface area contributed by atoms with Crippen LogP contribution in [0.1, 0.15) is 36.7 Å². The first-order valence-electron chi connectivity index (χ1n) is 8.97. The summed E-state index contributed by atoms with van der Waals surface area (Å²) in [5.41, 5.74) is 1.70. The molecule has 1 fully saturated rings. The molecule has 30 heavy (non-hydrogen) atoms. The van der Waals surface area contributed by atoms with E-state index in [-0.39, 0.29) is 22.3 Å². The number of anilines is 1. The first-order valence-corrected chi connectivity index (χ1v) is 10.8. The monoisotopic (exact) mass is 449 g/mol. The fourth-order valence-corrected chi connectivity index (χ4v) is 5.96. The number of rotatable bonds is 5. The summed E-state index contributed by atoms with van der Waals surface area (Å²) in [5.74, 6) is 0.138. The minimum atomic E-state index is -0.679. The number of ether oxygens (including phenoxy) is 3. The predicted octanol–water partition coefficient (Wildman–Crippen LogP) is 2.46. The van der Waals surface area contributed by atoms with Gasteiger partial charge in [-0.2, -0.15) is 0 Å². The molecule has 2 aromatic rings. The Labute approximate surface area is 180 Å². The number of thioether (sulfide) groups is 1. The van der Waals surface area contributed by atoms with Crippen LogP contribution in [0.4, 0.5) is 5.13 Å². The lowest BCUT2D eigenvalue weighted by Crippen LogP contribution is -2.42. The number of esters is 1. The van der Waals surface area contributed by atoms with Gasteiger partial charge in [-0.05, 0) is 13.0 Å². The standard InChI is InChI=1S/C19H19N3O6S2/c1-8-14(18(25)28-4)30-19(20-8)21-15(23)10-7-29-17-9-5-6-11(26-2)13(27-3)12(9)16(24)22(10)17/h5-6,10,17H,7H2,1-4H3,(H,20,21,23)/t10-,17+/m0/s1. The van der Waals surface area contributed by atoms with Gasteiger partial charge in [0.05, 0.1) is 32.6 Å². The van der Waals surface area contributed by atoms with Crippen LogP contribution in [0.15, 0.2) is 12.1 Å². The Morgan fingerprint density at radius 1 is 1.23 bits per heavy atom. The summed E-state index contributed by atoms with van der Waals surface area (Å²) in [7, 11) is 4.28. The van der Waals surface area contributed by atoms with Crippen molar-refractivity contribution < 1.29 is 28.6 Å². The van der Waals surface area contributed by atoms with Gasteiger partial charge in [-0.15, -0.1) is 11.8 Å². The van der Waals surface area contributed by atoms with Crippen LogP contribution in [-0.2, 0) is 9.53 Å². The Morgan fingerprint density at radius 3 is 2.67 bits per heavy atom. The number of fused-ring (bicyclic) bond motifs is 3. The Morgan fingerprint density at radius 2 is 2.00 bits per heavy atom. The molecule has 1 saturated heterocycles. The number of nitrogens with zero attached hydrogens (tertiary/aromatic N) is 2. The van der Waals surface area contributed by atoms with E-state index in [1.807, 2.05) is 6.07 Å². The van der Waals surface area contributed by atoms with E-state index in [0.717, 1.165) is 16.9 Å². The van der Waals surface area contributed by atoms with Crippen LogP contribution in [-0.4, -0.2) is 60.8 Å². The van der Waals surface area contributed by atoms with E-state index in [4.69, 9.17) is 14.2 Å². The molecule has 0 aliphatic carbocycles. The van der Waals surface area contributed by atoms with Crippen LogP contribution >= 0.6 is 23.1 Å². The number of carbonyl (C=O) groups excluding carboxylic acids is 3. The van der Waals surface area contributed by atoms with Crippen LogP contribution in [0.3, 0.4) is 0 Å². The minimum absolute atomic E-state index is 0.272. The molecule has 1 N–H and O–H groups in total. The zero-order valence-electron chi connectivity index (χ0n) is 16.7. The van der Waals surface area contributed by atoms with Crippen molar-refractivity contribution in [3.05, 3.63) is 33.8 Å². The number of methoxy groups -OCH3 is 3. The van der Waals surface area contributed by atoms with Crippen LogP contribution in [0.25, 0.3) is 0 Å². The summed E-state index contributed by atoms with van der Waals surface area (Å²) in [6.07, 6.45) is 0. The maximum Gasteiger partial charge on any atom is 0.350 e. The molecule has 0 unspecified atom stereocenters. The maximum atomic E-state index is 13.2. The third kappa shape index (κ3) is 3.08. The lowest BCUT2D eigenvalue weighted by atomic mass is 10.1. The molecule has 9 nitrogen and oxygen atoms in total. The average molecular weight is 450 g/mol. The van der Waals surface area contributed by atoms with Gasteiger partial charge in [0.25, 0.3) is 5.91 Å². The Kier molecular flexibility index (Phi) is 5.33. The van der Waals surface area contributed by atoms with E-state index in [1.54, 1.807) is 17.9 Å². The highest BCUT2D eigenvalue weighted by Crippen LogP contribution is 2.52. The number of benzene rings is 1. The number of hydrogen-bond donors (Lipinski definition) is 1. The second-order valence-electron chi connectivity index (χ2n) is 6.59. The molecule has 2 aliphatic rings. The van der Waals surface area contributed by atoms with Crippen molar-refractivity contribution in [3.8, 4) is 11.5 Å². The zero-order chi connectivity index (χ0) is 21.6. The quantitative estimate of drug-likeness (QED) is 0.694. The number of nitrogens with one attached hydrogen (secondary N) is 1. The summed E-state index contributed by atoms with van der Waals surface area (Å²) in [6, 6.07) is 2.91. The molecule has 0 saturated carbocycles. The largest absolute Gasteiger partial charge is 0.493 e. The molecule has 4 rings (SSSR count). The van der Waals surface area contributed by atoms with Crippen molar-refractivity contribution in [2.24, 2.45) is 0 Å². The van der Waals surface area contributed by atoms with Gasteiger partial charge in [-0.25, -0.2) is 9.78 Å². The van der Waals surface area contributed by atoms with E-state index >= 15 is 0 Å². The third-order valence-corrected chi connectivity index (χ3v) is 7.35. The molecule has 2 amide bonds. The fourth-order valence-electron chi connectivity index (χ4n) is 3.61. The zero-order valence-corrected chi connectivity index (χ0v) is 18.3. The van der Waals surface area contributed by atoms with Gasteiger partial charge in [-0.3, -0.25) is 9.59 Å². The minimum Gasteiger partial charge on any atom is -0.493 e. The van der Waals surface area contributed by atoms with Crippen molar-refractivity contribution in [1.82, 2.24) is 9.88 Å². The lowest BCUT2D eigenvalue weighted by Gasteiger charge is -2.22. The van der Waals surface area contributed by atoms with Gasteiger partial charge in [0.1, 0.15) is 16.3 Å². The molecule has 0 bridgehead atoms. The molecule has 1 aromatic carbocycles. The summed E-state index contributed by atoms with van der Waals surface area (Å²) in [5, 5.41) is 2.75. The second-order valence-corrected chi connectivity index (χ2v) is 8.71. The van der Waals surface area contributed by atoms with Gasteiger partial charge in [0.2, 0.25) is 5.91 Å². The van der Waals surface area contributed by atoms with E-state index in [9.17, 15) is 14.4 Å². The molecule has 11 heteroatoms. The molecule has 1 aromatic heterocycles. The highest BCUT2D eigenvalue weighted by Gasteiger charge is 2.50. The number of aryl methyl sites for hydroxylation is 1. The summed E-state index contributed by atoms with van der Waals surface area (Å²) < 4.78 is 15.4. The topological polar surface area (TPSA) is 107 Å². The number of hydrogen-bond acceptors (Lipinski definition) is 9. The molecule has 0 radical (unpaired) electrons. The number of carbonyl (C=O) groups is 3. The molecule has 3 heterocycles. The molecule has 2 atom stereocenters. The normalized spacial score (nSPS) is 19.3. The molecular weight excluding hydrogens is 430 g/mol. The van der Waals surface area contributed by atoms with Crippen molar-refractivity contribution in [2.45, 2.75) is 18.3 Å². The first kappa shape index (κ1) is 20.5. The highest BCUT2D eigenvalue weighted by molar-refractivity contribution is 7.99. The van der Waals surface area contributed by atoms with Crippen LogP contribution in [0.5, 0.6) is 11.5 Å². The van der Waals surface area contributed by atoms with Gasteiger partial charge in [0.15, 0.2) is 16.6 Å². The van der Waals surface area contributed by atoms with Crippen LogP contribution < -0.4 is 14.8 Å². The van der Waals surface area contributed by atoms with Crippen LogP contribution in [0, 0.1) is 6.92 Å². The number of amides is 2. The van der Waals surface area contributed by atoms with Crippen molar-refractivity contribution in [1.29, 1.82) is 0 Å². The predicted molar refractivity (Wildman–Crippen MR) is 112 cm³/mol. The van der Waals surface area contributed by atoms with E-state index in [0.29, 0.717) is 33.4 Å². The summed E-state index contributed by atoms with van der Waals surface area (Å²) >= 11 is 2.55. The number of thiazole rings is 1. The van der Waals surface area contributed by atoms with Gasteiger partial charge in [0, 0.05) is 11.3 Å². The summed E-state index contributed by atoms with van der Waals surface area (Å²) in [6.45, 7) is 1.67. The second kappa shape index (κ2) is 7.80. The fraction of sp³-hybridized carbons (Fsp3) is 0.368. The van der Waals surface area contributed by atoms with Crippen LogP contribution in [0.2, 0.25) is 0 Å². The van der Waals surface area contributed by atoms with Gasteiger partial charge in [-0.1, -0.05) is 17.4 Å². The average Bonchev–Trinajstić information content (AvgIpc) is 3.41. The SMILES string of the molecule is COC(=O)c1sc(NC(=O)[C@@H]2CS[C@@H]3c4ccc(OC)c(OC)c4C(=O)N32)nc1C. The maximum absolute atomic E-state index is 13.2. The molecule has 158 valence electrons. The third-order valence-electron chi connectivity index (χ3n) is 4.99. The Hall–Kier alpha value is -2.79. The van der Waals surface area contributed by atoms with E-state index in [1.165, 1.54) is 33.1 Å². The van der Waals surface area contributed by atoms with E-state index < -0.39 is 12.0 Å². The first-order chi connectivity index (χ1) is 14.4. The molecular formula is C19H19N3O6S2. The smallest absolute Gasteiger partial charge is 0.350 e. The van der Waals surface area contributed by atoms with Crippen molar-refractivity contribution in [2.75, 3.05) is 32.4 Å². The lowest BCUT2D eigenvalue weighted by molar-refractivity contribution is -0.119. The van der Waals surface area contributed by atoms with Gasteiger partial charge >= 0.3 is 5.97 Å². The van der Waals surface area contributed by atoms with E-state index in [2.05, 4.69) is 10.3 Å². The van der Waals surface area contributed by atoms with Crippen molar-refractivity contribution in [3.63, 3.8) is 0 Å². The Balaban J connectivity index is 1.59. The molecule has 2 aliphatic heterocycles. The van der Waals surface area contributed by atoms with Gasteiger partial charge < -0.3 is 24.4 Å². The Bertz CT molecular complexity index is 1050. The summed E-state index contributed by atoms with van der Waals surface area (Å²) in [4.78, 5) is 44.1. The molecule has 0 spiro atoms. The highest BCUT2D eigenvalue weighted by atomic mass is 32.2. The van der Waals surface area contributed by atoms with Crippen molar-refractivity contribution >= 4 is 46.0 Å².